The van der Waals surface area contributed by atoms with Crippen molar-refractivity contribution in [3.8, 4) is 66.8 Å². The SMILES string of the molecule is [2H]c1c([2H])c([2H])c2c([2H])c(-c3c4c([2H])c([2H])c([2H])c([2H])c4c(-c4cccc5c(-c6cccc7c6oc6ccc8ccccc8c67)cccc45)c4c([2H])c([2H])c([2H])c([2H])c34)c([2H])c([2H])c2c1[2H].[2H]c1c([2H])c([2H])c2c(oc3c([2H])c([2H])c4c([2H])c([2H])c([2H])c([2H])c4c32)c1-c1c([2H])c([2H])c(-c2c3c([2H])c([2H])c([2H])c([2H])c3c(-c3c([2H])c([2H])c4c([2H])c([2H])c([2H])c([2H])c4c3[2H])c3c([2H])c([2H])c([2H])c([2H])c23)c2c([2H])c([2H])c([2H])c([2H])c12. The van der Waals surface area contributed by atoms with Gasteiger partial charge in [-0.25, -0.2) is 0 Å². The fraction of sp³-hybridized carbons (Fsp3) is 0. The maximum Gasteiger partial charge on any atom is 0.143 e. The van der Waals surface area contributed by atoms with Gasteiger partial charge in [0.2, 0.25) is 0 Å². The predicted octanol–water partition coefficient (Wildman–Crippen LogP) is 28.7. The maximum absolute atomic E-state index is 10.0. The first kappa shape index (κ1) is 28.8. The summed E-state index contributed by atoms with van der Waals surface area (Å²) in [6, 6.07) is -9.73. The van der Waals surface area contributed by atoms with Crippen LogP contribution in [-0.2, 0) is 0 Å². The number of furan rings is 2. The zero-order valence-corrected chi connectivity index (χ0v) is 52.0. The minimum Gasteiger partial charge on any atom is -0.455 e. The van der Waals surface area contributed by atoms with Crippen LogP contribution in [0.25, 0.3) is 218 Å². The second-order valence-corrected chi connectivity index (χ2v) is 23.7. The molecule has 0 aliphatic rings. The van der Waals surface area contributed by atoms with E-state index in [0.29, 0.717) is 27.5 Å². The first-order chi connectivity index (χ1) is 69.4. The Kier molecular flexibility index (Phi) is 6.53. The van der Waals surface area contributed by atoms with Crippen LogP contribution in [-0.4, -0.2) is 0 Å². The van der Waals surface area contributed by atoms with Gasteiger partial charge in [0.25, 0.3) is 0 Å². The third kappa shape index (κ3) is 8.93. The first-order valence-electron chi connectivity index (χ1n) is 54.0. The van der Waals surface area contributed by atoms with Crippen molar-refractivity contribution in [3.05, 3.63) is 363 Å². The van der Waals surface area contributed by atoms with Crippen molar-refractivity contribution in [3.63, 3.8) is 0 Å². The molecule has 0 atom stereocenters. The lowest BCUT2D eigenvalue weighted by Gasteiger charge is -2.20. The van der Waals surface area contributed by atoms with E-state index >= 15 is 0 Å². The highest BCUT2D eigenvalue weighted by Gasteiger charge is 2.24. The zero-order valence-electron chi connectivity index (χ0n) is 97.0. The van der Waals surface area contributed by atoms with E-state index in [0.717, 1.165) is 32.7 Å². The summed E-state index contributed by atoms with van der Waals surface area (Å²) in [4.78, 5) is 0. The van der Waals surface area contributed by atoms with Crippen LogP contribution in [0.4, 0.5) is 0 Å². The summed E-state index contributed by atoms with van der Waals surface area (Å²) in [6.07, 6.45) is 0. The molecule has 0 aliphatic carbocycles. The molecule has 0 saturated heterocycles. The van der Waals surface area contributed by atoms with Gasteiger partial charge in [-0.1, -0.05) is 339 Å². The molecule has 0 fully saturated rings. The molecule has 2 heteroatoms. The molecule has 0 saturated carbocycles. The lowest BCUT2D eigenvalue weighted by molar-refractivity contribution is 0.670. The minimum absolute atomic E-state index is 0.0331. The molecule has 0 unspecified atom stereocenters. The van der Waals surface area contributed by atoms with Crippen LogP contribution in [0.15, 0.2) is 372 Å². The summed E-state index contributed by atoms with van der Waals surface area (Å²) in [5, 5.41) is -4.54. The monoisotopic (exact) mass is 1340 g/mol. The lowest BCUT2D eigenvalue weighted by Crippen LogP contribution is -1.92. The molecule has 0 bridgehead atoms. The molecule has 472 valence electrons. The third-order valence-electron chi connectivity index (χ3n) is 18.4. The summed E-state index contributed by atoms with van der Waals surface area (Å²) < 4.78 is 422. The van der Waals surface area contributed by atoms with E-state index in [1.54, 1.807) is 12.1 Å². The van der Waals surface area contributed by atoms with Gasteiger partial charge < -0.3 is 8.83 Å². The highest BCUT2D eigenvalue weighted by molar-refractivity contribution is 6.28. The summed E-state index contributed by atoms with van der Waals surface area (Å²) >= 11 is 0. The largest absolute Gasteiger partial charge is 0.455 e. The summed E-state index contributed by atoms with van der Waals surface area (Å²) in [5.41, 5.74) is -3.72. The quantitative estimate of drug-likeness (QED) is 0.155. The maximum atomic E-state index is 10.0. The van der Waals surface area contributed by atoms with Gasteiger partial charge >= 0.3 is 0 Å². The molecule has 20 aromatic carbocycles. The second kappa shape index (κ2) is 23.1. The molecule has 2 nitrogen and oxygen atoms in total. The predicted molar refractivity (Wildman–Crippen MR) is 435 cm³/mol. The average molecular weight is 1340 g/mol. The van der Waals surface area contributed by atoms with E-state index in [9.17, 15) is 24.7 Å². The van der Waals surface area contributed by atoms with Crippen LogP contribution < -0.4 is 0 Å². The highest BCUT2D eigenvalue weighted by Crippen LogP contribution is 2.51. The Hall–Kier alpha value is -13.4. The Morgan fingerprint density at radius 3 is 1.21 bits per heavy atom. The summed E-state index contributed by atoms with van der Waals surface area (Å²) in [5.74, 6) is 0. The van der Waals surface area contributed by atoms with Crippen LogP contribution >= 0.6 is 0 Å². The van der Waals surface area contributed by atoms with Crippen molar-refractivity contribution in [1.82, 2.24) is 0 Å². The van der Waals surface area contributed by atoms with Gasteiger partial charge in [-0.2, -0.15) is 0 Å². The van der Waals surface area contributed by atoms with E-state index in [2.05, 4.69) is 6.07 Å². The van der Waals surface area contributed by atoms with Crippen molar-refractivity contribution in [1.29, 1.82) is 0 Å². The first-order valence-corrected chi connectivity index (χ1v) is 31.5. The lowest BCUT2D eigenvalue weighted by atomic mass is 9.83. The van der Waals surface area contributed by atoms with Crippen LogP contribution in [0.3, 0.4) is 0 Å². The highest BCUT2D eigenvalue weighted by atomic mass is 16.3. The fourth-order valence-electron chi connectivity index (χ4n) is 14.1. The Morgan fingerprint density at radius 2 is 0.598 bits per heavy atom. The molecule has 102 heavy (non-hydrogen) atoms. The Morgan fingerprint density at radius 1 is 0.186 bits per heavy atom. The molecule has 0 radical (unpaired) electrons. The van der Waals surface area contributed by atoms with Crippen LogP contribution in [0, 0.1) is 0 Å². The third-order valence-corrected chi connectivity index (χ3v) is 18.4. The molecular formula is C100H60O2. The van der Waals surface area contributed by atoms with Crippen LogP contribution in [0.1, 0.15) is 61.7 Å². The van der Waals surface area contributed by atoms with Crippen molar-refractivity contribution in [2.75, 3.05) is 0 Å². The topological polar surface area (TPSA) is 26.3 Å². The van der Waals surface area contributed by atoms with Gasteiger partial charge in [0.15, 0.2) is 0 Å². The molecule has 0 amide bonds. The van der Waals surface area contributed by atoms with E-state index < -0.39 is 397 Å². The average Bonchev–Trinajstić information content (AvgIpc) is 1.67. The van der Waals surface area contributed by atoms with E-state index in [-0.39, 0.29) is 32.7 Å². The number of benzene rings is 20. The van der Waals surface area contributed by atoms with Crippen molar-refractivity contribution >= 4 is 152 Å². The zero-order chi connectivity index (χ0) is 106. The van der Waals surface area contributed by atoms with Crippen molar-refractivity contribution in [2.45, 2.75) is 0 Å². The molecule has 0 N–H and O–H groups in total. The second-order valence-electron chi connectivity index (χ2n) is 23.7. The van der Waals surface area contributed by atoms with E-state index in [1.165, 1.54) is 0 Å². The number of hydrogen-bond acceptors (Lipinski definition) is 2. The normalized spacial score (nSPS) is 18.1. The Bertz CT molecular complexity index is 9960. The molecule has 22 rings (SSSR count). The van der Waals surface area contributed by atoms with Gasteiger partial charge in [-0.15, -0.1) is 0 Å². The van der Waals surface area contributed by atoms with E-state index in [4.69, 9.17) is 45.8 Å². The van der Waals surface area contributed by atoms with Gasteiger partial charge in [-0.3, -0.25) is 0 Å². The van der Waals surface area contributed by atoms with Crippen LogP contribution in [0.2, 0.25) is 0 Å². The summed E-state index contributed by atoms with van der Waals surface area (Å²) in [6.45, 7) is 0. The molecule has 0 spiro atoms. The van der Waals surface area contributed by atoms with Crippen molar-refractivity contribution < 1.29 is 70.5 Å². The summed E-state index contributed by atoms with van der Waals surface area (Å²) in [7, 11) is 0. The fourth-order valence-corrected chi connectivity index (χ4v) is 14.1. The molecule has 0 aliphatic heterocycles. The molecular weight excluding hydrogens is 1230 g/mol. The van der Waals surface area contributed by atoms with Gasteiger partial charge in [0.1, 0.15) is 22.3 Å². The van der Waals surface area contributed by atoms with E-state index in [1.807, 2.05) is 72.8 Å². The Labute approximate surface area is 650 Å². The standard InChI is InChI=1S/2C50H30O/c1-2-14-33-30-34(27-26-31(33)12-1)47-40-16-5-7-18-42(40)48(43-19-8-6-17-41(43)47)39-23-10-20-36-37(39)21-9-22-38(36)44-24-11-25-45-49-35-15-4-3-13-32(35)28-29-46(49)51-50(44)45;1-2-14-33-30-34(25-24-31(33)12-1)47-39-18-7-9-20-41(39)48(42-21-10-8-19-40(42)47)43-28-27-38(36-16-5-6-17-37(36)43)44-22-11-23-45-49-35-15-4-3-13-32(35)26-29-46(49)51-50(44)45/h2*1-30H/i1D,2D,5D,6D,7D,8D,12D,14D,16D,17D,18D,19D,26D,27D,30D;1D,2D,3D,4D,5D,6D,7D,8D,9D,10D,11D,12D,13D,14D,15D,16D,17D,18D,19D,20D,21D,22D,23D,24D,25D,26D,27D,28D,29D,30D. The van der Waals surface area contributed by atoms with Gasteiger partial charge in [0.05, 0.1) is 61.7 Å². The van der Waals surface area contributed by atoms with Crippen molar-refractivity contribution in [2.24, 2.45) is 0 Å². The minimum atomic E-state index is -1.14. The number of rotatable bonds is 6. The van der Waals surface area contributed by atoms with Crippen LogP contribution in [0.5, 0.6) is 0 Å². The van der Waals surface area contributed by atoms with Gasteiger partial charge in [0, 0.05) is 32.7 Å². The molecule has 2 heterocycles. The molecule has 2 aromatic heterocycles. The van der Waals surface area contributed by atoms with Gasteiger partial charge in [-0.05, 0) is 188 Å². The number of para-hydroxylation sites is 2. The molecule has 22 aromatic rings. The smallest absolute Gasteiger partial charge is 0.143 e. The number of hydrogen-bond donors (Lipinski definition) is 0. The Balaban J connectivity index is 0.000000176. The number of fused-ring (bicyclic) bond motifs is 18.